The number of Topliss-reactive ketones (excluding diaryl/α,β-unsaturated/α-hetero) is 1. The van der Waals surface area contributed by atoms with Crippen LogP contribution in [0.3, 0.4) is 0 Å². The monoisotopic (exact) mass is 536 g/mol. The first kappa shape index (κ1) is 25.4. The van der Waals surface area contributed by atoms with Gasteiger partial charge in [-0.3, -0.25) is 4.79 Å². The minimum Gasteiger partial charge on any atom is -0.421 e. The third kappa shape index (κ3) is 4.23. The van der Waals surface area contributed by atoms with Gasteiger partial charge < -0.3 is 19.4 Å². The van der Waals surface area contributed by atoms with E-state index in [0.29, 0.717) is 17.3 Å². The van der Waals surface area contributed by atoms with E-state index in [-0.39, 0.29) is 17.3 Å². The van der Waals surface area contributed by atoms with Gasteiger partial charge in [-0.1, -0.05) is 30.3 Å². The summed E-state index contributed by atoms with van der Waals surface area (Å²) in [6, 6.07) is 14.1. The number of likely N-dealkylation sites (tertiary alicyclic amines) is 1. The number of fused-ring (bicyclic) bond motifs is 3. The number of nitrogens with zero attached hydrogens (tertiary/aromatic N) is 3. The van der Waals surface area contributed by atoms with Crippen LogP contribution in [0.4, 0.5) is 0 Å². The van der Waals surface area contributed by atoms with Crippen molar-refractivity contribution in [2.24, 2.45) is 5.41 Å². The van der Waals surface area contributed by atoms with E-state index >= 15 is 0 Å². The Balaban J connectivity index is 1.10. The van der Waals surface area contributed by atoms with Crippen LogP contribution < -0.4 is 5.32 Å². The average Bonchev–Trinajstić information content (AvgIpc) is 3.63. The second-order valence-electron chi connectivity index (χ2n) is 11.9. The quantitative estimate of drug-likeness (QED) is 0.432. The van der Waals surface area contributed by atoms with E-state index in [1.807, 2.05) is 30.3 Å². The number of ether oxygens (including phenoxy) is 1. The van der Waals surface area contributed by atoms with Crippen molar-refractivity contribution in [3.05, 3.63) is 82.4 Å². The maximum atomic E-state index is 13.7. The highest BCUT2D eigenvalue weighted by Gasteiger charge is 2.52. The fourth-order valence-corrected chi connectivity index (χ4v) is 7.25. The molecule has 0 saturated carbocycles. The lowest BCUT2D eigenvalue weighted by atomic mass is 9.62. The second kappa shape index (κ2) is 9.82. The molecule has 4 heterocycles. The van der Waals surface area contributed by atoms with Crippen LogP contribution in [0.25, 0.3) is 22.6 Å². The van der Waals surface area contributed by atoms with Crippen molar-refractivity contribution in [1.29, 1.82) is 0 Å². The van der Waals surface area contributed by atoms with E-state index < -0.39 is 6.10 Å². The Morgan fingerprint density at radius 1 is 1.02 bits per heavy atom. The summed E-state index contributed by atoms with van der Waals surface area (Å²) in [6.45, 7) is 7.01. The zero-order chi connectivity index (χ0) is 27.4. The van der Waals surface area contributed by atoms with Gasteiger partial charge in [-0.05, 0) is 105 Å². The van der Waals surface area contributed by atoms with Crippen molar-refractivity contribution < 1.29 is 13.9 Å². The van der Waals surface area contributed by atoms with Crippen LogP contribution in [-0.4, -0.2) is 59.8 Å². The van der Waals surface area contributed by atoms with Gasteiger partial charge in [-0.25, -0.2) is 0 Å². The molecule has 4 aliphatic rings. The molecule has 1 N–H and O–H groups in total. The maximum absolute atomic E-state index is 13.7. The first-order valence-corrected chi connectivity index (χ1v) is 14.5. The van der Waals surface area contributed by atoms with E-state index in [1.165, 1.54) is 16.8 Å². The standard InChI is InChI=1S/C33H36N4O3/c1-20-18-25(32-36-35-21(2)39-32)8-10-26(20)22-4-6-23(7-5-22)30(38)29-11-9-24-19-28-27(12-15-34-28)33(31(24)40-29)13-16-37(3)17-14-33/h4-8,10,18-19,29,31,34H,9,11-17H2,1-3H3. The Morgan fingerprint density at radius 3 is 2.52 bits per heavy atom. The Morgan fingerprint density at radius 2 is 1.80 bits per heavy atom. The molecule has 40 heavy (non-hydrogen) atoms. The molecule has 1 aromatic heterocycles. The van der Waals surface area contributed by atoms with Crippen molar-refractivity contribution in [2.45, 2.75) is 58.2 Å². The number of allylic oxidation sites excluding steroid dienone is 1. The number of aryl methyl sites for hydroxylation is 2. The van der Waals surface area contributed by atoms with Crippen LogP contribution in [0.2, 0.25) is 0 Å². The van der Waals surface area contributed by atoms with E-state index in [1.54, 1.807) is 6.92 Å². The van der Waals surface area contributed by atoms with Gasteiger partial charge in [0.1, 0.15) is 6.10 Å². The molecule has 7 heteroatoms. The van der Waals surface area contributed by atoms with Crippen LogP contribution in [0, 0.1) is 19.3 Å². The summed E-state index contributed by atoms with van der Waals surface area (Å²) < 4.78 is 12.4. The number of hydrogen-bond acceptors (Lipinski definition) is 7. The Kier molecular flexibility index (Phi) is 6.24. The molecule has 2 atom stereocenters. The van der Waals surface area contributed by atoms with Crippen LogP contribution in [0.1, 0.15) is 53.9 Å². The van der Waals surface area contributed by atoms with Gasteiger partial charge in [-0.15, -0.1) is 10.2 Å². The molecule has 0 amide bonds. The lowest BCUT2D eigenvalue weighted by Crippen LogP contribution is -2.52. The highest BCUT2D eigenvalue weighted by atomic mass is 16.5. The second-order valence-corrected chi connectivity index (χ2v) is 11.9. The van der Waals surface area contributed by atoms with Gasteiger partial charge in [-0.2, -0.15) is 0 Å². The number of carbonyl (C=O) groups excluding carboxylic acids is 1. The molecule has 7 nitrogen and oxygen atoms in total. The predicted octanol–water partition coefficient (Wildman–Crippen LogP) is 5.65. The number of rotatable bonds is 4. The molecule has 206 valence electrons. The Labute approximate surface area is 235 Å². The number of carbonyl (C=O) groups is 1. The molecule has 1 aliphatic carbocycles. The maximum Gasteiger partial charge on any atom is 0.247 e. The zero-order valence-electron chi connectivity index (χ0n) is 23.5. The minimum atomic E-state index is -0.403. The molecule has 0 radical (unpaired) electrons. The molecule has 2 aromatic carbocycles. The van der Waals surface area contributed by atoms with Crippen LogP contribution >= 0.6 is 0 Å². The number of aromatic nitrogens is 2. The molecule has 0 bridgehead atoms. The molecular formula is C33H36N4O3. The first-order valence-electron chi connectivity index (χ1n) is 14.5. The fourth-order valence-electron chi connectivity index (χ4n) is 7.25. The zero-order valence-corrected chi connectivity index (χ0v) is 23.5. The Bertz CT molecular complexity index is 1530. The lowest BCUT2D eigenvalue weighted by molar-refractivity contribution is -0.0767. The molecule has 2 fully saturated rings. The number of piperidine rings is 1. The molecule has 2 unspecified atom stereocenters. The minimum absolute atomic E-state index is 0.00521. The van der Waals surface area contributed by atoms with Crippen molar-refractivity contribution in [3.8, 4) is 22.6 Å². The molecule has 7 rings (SSSR count). The largest absolute Gasteiger partial charge is 0.421 e. The smallest absolute Gasteiger partial charge is 0.247 e. The van der Waals surface area contributed by atoms with Gasteiger partial charge in [0.15, 0.2) is 5.78 Å². The summed E-state index contributed by atoms with van der Waals surface area (Å²) in [4.78, 5) is 16.2. The lowest BCUT2D eigenvalue weighted by Gasteiger charge is -2.51. The third-order valence-electron chi connectivity index (χ3n) is 9.43. The number of nitrogens with one attached hydrogen (secondary N) is 1. The summed E-state index contributed by atoms with van der Waals surface area (Å²) in [5.41, 5.74) is 9.15. The first-order chi connectivity index (χ1) is 19.4. The van der Waals surface area contributed by atoms with E-state index in [0.717, 1.165) is 74.0 Å². The van der Waals surface area contributed by atoms with E-state index in [4.69, 9.17) is 9.15 Å². The van der Waals surface area contributed by atoms with E-state index in [9.17, 15) is 4.79 Å². The summed E-state index contributed by atoms with van der Waals surface area (Å²) in [5.74, 6) is 1.17. The molecular weight excluding hydrogens is 500 g/mol. The molecule has 1 spiro atoms. The summed E-state index contributed by atoms with van der Waals surface area (Å²) in [5, 5.41) is 11.7. The number of ketones is 1. The highest BCUT2D eigenvalue weighted by Crippen LogP contribution is 2.54. The van der Waals surface area contributed by atoms with Gasteiger partial charge in [0.25, 0.3) is 0 Å². The summed E-state index contributed by atoms with van der Waals surface area (Å²) in [6.07, 6.45) is 6.84. The summed E-state index contributed by atoms with van der Waals surface area (Å²) in [7, 11) is 2.21. The van der Waals surface area contributed by atoms with Crippen molar-refractivity contribution in [3.63, 3.8) is 0 Å². The topological polar surface area (TPSA) is 80.5 Å². The van der Waals surface area contributed by atoms with Gasteiger partial charge in [0.05, 0.1) is 6.10 Å². The van der Waals surface area contributed by atoms with Crippen molar-refractivity contribution in [1.82, 2.24) is 20.4 Å². The number of hydrogen-bond donors (Lipinski definition) is 1. The van der Waals surface area contributed by atoms with Crippen molar-refractivity contribution >= 4 is 5.78 Å². The van der Waals surface area contributed by atoms with Gasteiger partial charge >= 0.3 is 0 Å². The fraction of sp³-hybridized carbons (Fsp3) is 0.424. The predicted molar refractivity (Wildman–Crippen MR) is 154 cm³/mol. The van der Waals surface area contributed by atoms with E-state index in [2.05, 4.69) is 52.6 Å². The van der Waals surface area contributed by atoms with Gasteiger partial charge in [0.2, 0.25) is 11.8 Å². The Hall–Kier alpha value is -3.55. The molecule has 3 aliphatic heterocycles. The molecule has 2 saturated heterocycles. The summed E-state index contributed by atoms with van der Waals surface area (Å²) >= 11 is 0. The number of benzene rings is 2. The normalized spacial score (nSPS) is 23.9. The van der Waals surface area contributed by atoms with Crippen molar-refractivity contribution in [2.75, 3.05) is 26.7 Å². The SMILES string of the molecule is Cc1nnc(-c2ccc(-c3ccc(C(=O)C4CCC5=CC6=C(CCN6)C6(CCN(C)CC6)C5O4)cc3)c(C)c2)o1. The third-order valence-corrected chi connectivity index (χ3v) is 9.43. The van der Waals surface area contributed by atoms with Crippen LogP contribution in [0.15, 0.2) is 69.8 Å². The highest BCUT2D eigenvalue weighted by molar-refractivity contribution is 6.00. The average molecular weight is 537 g/mol. The van der Waals surface area contributed by atoms with Crippen LogP contribution in [0.5, 0.6) is 0 Å². The van der Waals surface area contributed by atoms with Gasteiger partial charge in [0, 0.05) is 35.7 Å². The van der Waals surface area contributed by atoms with Crippen LogP contribution in [-0.2, 0) is 4.74 Å². The molecule has 3 aromatic rings.